The highest BCUT2D eigenvalue weighted by Gasteiger charge is 2.22. The van der Waals surface area contributed by atoms with Gasteiger partial charge in [-0.15, -0.1) is 0 Å². The van der Waals surface area contributed by atoms with Crippen molar-refractivity contribution in [2.45, 2.75) is 12.8 Å². The molecular weight excluding hydrogens is 288 g/mol. The highest BCUT2D eigenvalue weighted by atomic mass is 16.5. The Labute approximate surface area is 127 Å². The zero-order valence-electron chi connectivity index (χ0n) is 12.1. The van der Waals surface area contributed by atoms with E-state index in [0.717, 1.165) is 12.1 Å². The SMILES string of the molecule is O=C(O)COCCNC(=O)c1cccc(N2CCCC2=O)c1. The van der Waals surface area contributed by atoms with Gasteiger partial charge in [-0.2, -0.15) is 0 Å². The normalized spacial score (nSPS) is 14.2. The summed E-state index contributed by atoms with van der Waals surface area (Å²) in [6.45, 7) is 0.636. The number of benzene rings is 1. The zero-order valence-corrected chi connectivity index (χ0v) is 12.1. The number of carboxylic acid groups (broad SMARTS) is 1. The second kappa shape index (κ2) is 7.56. The van der Waals surface area contributed by atoms with Crippen LogP contribution in [0.5, 0.6) is 0 Å². The third-order valence-electron chi connectivity index (χ3n) is 3.25. The number of carbonyl (C=O) groups is 3. The van der Waals surface area contributed by atoms with Gasteiger partial charge in [0.25, 0.3) is 5.91 Å². The molecule has 0 atom stereocenters. The second-order valence-electron chi connectivity index (χ2n) is 4.90. The monoisotopic (exact) mass is 306 g/mol. The topological polar surface area (TPSA) is 95.9 Å². The average molecular weight is 306 g/mol. The van der Waals surface area contributed by atoms with Gasteiger partial charge >= 0.3 is 5.97 Å². The number of aliphatic carboxylic acids is 1. The summed E-state index contributed by atoms with van der Waals surface area (Å²) in [6, 6.07) is 6.88. The number of carbonyl (C=O) groups excluding carboxylic acids is 2. The van der Waals surface area contributed by atoms with E-state index in [0.29, 0.717) is 18.5 Å². The molecule has 2 amide bonds. The molecule has 7 heteroatoms. The molecule has 118 valence electrons. The zero-order chi connectivity index (χ0) is 15.9. The molecule has 1 saturated heterocycles. The Kier molecular flexibility index (Phi) is 5.48. The largest absolute Gasteiger partial charge is 0.480 e. The summed E-state index contributed by atoms with van der Waals surface area (Å²) in [4.78, 5) is 35.7. The summed E-state index contributed by atoms with van der Waals surface area (Å²) < 4.78 is 4.83. The molecule has 0 aliphatic carbocycles. The highest BCUT2D eigenvalue weighted by molar-refractivity contribution is 5.99. The van der Waals surface area contributed by atoms with Gasteiger partial charge in [-0.05, 0) is 24.6 Å². The van der Waals surface area contributed by atoms with Crippen LogP contribution < -0.4 is 10.2 Å². The van der Waals surface area contributed by atoms with Crippen LogP contribution in [0, 0.1) is 0 Å². The lowest BCUT2D eigenvalue weighted by atomic mass is 10.1. The molecular formula is C15H18N2O5. The average Bonchev–Trinajstić information content (AvgIpc) is 2.92. The lowest BCUT2D eigenvalue weighted by Crippen LogP contribution is -2.28. The maximum atomic E-state index is 12.0. The fraction of sp³-hybridized carbons (Fsp3) is 0.400. The number of nitrogens with zero attached hydrogens (tertiary/aromatic N) is 1. The Hall–Kier alpha value is -2.41. The van der Waals surface area contributed by atoms with Gasteiger partial charge in [0.15, 0.2) is 0 Å². The molecule has 1 aliphatic rings. The minimum absolute atomic E-state index is 0.0691. The van der Waals surface area contributed by atoms with Crippen LogP contribution in [0.3, 0.4) is 0 Å². The van der Waals surface area contributed by atoms with E-state index < -0.39 is 5.97 Å². The minimum atomic E-state index is -1.05. The van der Waals surface area contributed by atoms with E-state index in [9.17, 15) is 14.4 Å². The number of carboxylic acids is 1. The molecule has 2 N–H and O–H groups in total. The fourth-order valence-corrected chi connectivity index (χ4v) is 2.23. The third-order valence-corrected chi connectivity index (χ3v) is 3.25. The lowest BCUT2D eigenvalue weighted by Gasteiger charge is -2.16. The molecule has 1 aromatic carbocycles. The number of rotatable bonds is 7. The summed E-state index contributed by atoms with van der Waals surface area (Å²) in [5.41, 5.74) is 1.17. The van der Waals surface area contributed by atoms with E-state index >= 15 is 0 Å². The molecule has 7 nitrogen and oxygen atoms in total. The Balaban J connectivity index is 1.87. The van der Waals surface area contributed by atoms with Crippen LogP contribution in [0.2, 0.25) is 0 Å². The Bertz CT molecular complexity index is 573. The van der Waals surface area contributed by atoms with Crippen molar-refractivity contribution in [3.05, 3.63) is 29.8 Å². The first-order valence-corrected chi connectivity index (χ1v) is 7.06. The molecule has 0 aromatic heterocycles. The number of hydrogen-bond acceptors (Lipinski definition) is 4. The van der Waals surface area contributed by atoms with Crippen LogP contribution in [0.15, 0.2) is 24.3 Å². The molecule has 1 aromatic rings. The summed E-state index contributed by atoms with van der Waals surface area (Å²) in [5, 5.41) is 11.1. The quantitative estimate of drug-likeness (QED) is 0.721. The van der Waals surface area contributed by atoms with Gasteiger partial charge in [-0.3, -0.25) is 9.59 Å². The maximum absolute atomic E-state index is 12.0. The van der Waals surface area contributed by atoms with Gasteiger partial charge in [0.1, 0.15) is 6.61 Å². The van der Waals surface area contributed by atoms with Crippen molar-refractivity contribution in [2.24, 2.45) is 0 Å². The van der Waals surface area contributed by atoms with E-state index in [1.807, 2.05) is 0 Å². The van der Waals surface area contributed by atoms with E-state index in [1.54, 1.807) is 29.2 Å². The van der Waals surface area contributed by atoms with Crippen molar-refractivity contribution in [2.75, 3.05) is 31.2 Å². The van der Waals surface area contributed by atoms with Crippen LogP contribution in [-0.4, -0.2) is 49.2 Å². The van der Waals surface area contributed by atoms with Gasteiger partial charge in [-0.25, -0.2) is 4.79 Å². The Morgan fingerprint density at radius 1 is 1.36 bits per heavy atom. The molecule has 1 heterocycles. The number of ether oxygens (including phenoxy) is 1. The van der Waals surface area contributed by atoms with Crippen LogP contribution in [-0.2, 0) is 14.3 Å². The van der Waals surface area contributed by atoms with Crippen molar-refractivity contribution >= 4 is 23.5 Å². The molecule has 0 saturated carbocycles. The number of anilines is 1. The van der Waals surface area contributed by atoms with Gasteiger partial charge < -0.3 is 20.1 Å². The molecule has 2 rings (SSSR count). The smallest absolute Gasteiger partial charge is 0.329 e. The number of hydrogen-bond donors (Lipinski definition) is 2. The van der Waals surface area contributed by atoms with E-state index in [4.69, 9.17) is 9.84 Å². The minimum Gasteiger partial charge on any atom is -0.480 e. The molecule has 1 aliphatic heterocycles. The summed E-state index contributed by atoms with van der Waals surface area (Å²) in [7, 11) is 0. The Morgan fingerprint density at radius 2 is 2.18 bits per heavy atom. The van der Waals surface area contributed by atoms with Crippen LogP contribution in [0.4, 0.5) is 5.69 Å². The van der Waals surface area contributed by atoms with Gasteiger partial charge in [0, 0.05) is 30.8 Å². The maximum Gasteiger partial charge on any atom is 0.329 e. The summed E-state index contributed by atoms with van der Waals surface area (Å²) >= 11 is 0. The third kappa shape index (κ3) is 4.29. The van der Waals surface area contributed by atoms with Crippen LogP contribution >= 0.6 is 0 Å². The van der Waals surface area contributed by atoms with Crippen molar-refractivity contribution in [3.63, 3.8) is 0 Å². The summed E-state index contributed by atoms with van der Waals surface area (Å²) in [5.74, 6) is -1.26. The first-order valence-electron chi connectivity index (χ1n) is 7.06. The number of amides is 2. The molecule has 0 unspecified atom stereocenters. The van der Waals surface area contributed by atoms with Crippen molar-refractivity contribution in [1.82, 2.24) is 5.32 Å². The van der Waals surface area contributed by atoms with E-state index in [2.05, 4.69) is 5.32 Å². The van der Waals surface area contributed by atoms with Crippen LogP contribution in [0.25, 0.3) is 0 Å². The summed E-state index contributed by atoms with van der Waals surface area (Å²) in [6.07, 6.45) is 1.37. The van der Waals surface area contributed by atoms with Crippen molar-refractivity contribution in [3.8, 4) is 0 Å². The van der Waals surface area contributed by atoms with Crippen molar-refractivity contribution in [1.29, 1.82) is 0 Å². The lowest BCUT2D eigenvalue weighted by molar-refractivity contribution is -0.142. The first kappa shape index (κ1) is 16.0. The molecule has 22 heavy (non-hydrogen) atoms. The molecule has 0 radical (unpaired) electrons. The molecule has 0 spiro atoms. The first-order chi connectivity index (χ1) is 10.6. The number of nitrogens with one attached hydrogen (secondary N) is 1. The Morgan fingerprint density at radius 3 is 2.86 bits per heavy atom. The van der Waals surface area contributed by atoms with Gasteiger partial charge in [0.05, 0.1) is 6.61 Å². The van der Waals surface area contributed by atoms with E-state index in [-0.39, 0.29) is 31.6 Å². The standard InChI is InChI=1S/C15H18N2O5/c18-13-5-2-7-17(13)12-4-1-3-11(9-12)15(21)16-6-8-22-10-14(19)20/h1,3-4,9H,2,5-8,10H2,(H,16,21)(H,19,20). The highest BCUT2D eigenvalue weighted by Crippen LogP contribution is 2.22. The predicted octanol–water partition coefficient (Wildman–Crippen LogP) is 0.644. The van der Waals surface area contributed by atoms with Gasteiger partial charge in [-0.1, -0.05) is 6.07 Å². The van der Waals surface area contributed by atoms with Gasteiger partial charge in [0.2, 0.25) is 5.91 Å². The molecule has 0 bridgehead atoms. The second-order valence-corrected chi connectivity index (χ2v) is 4.90. The molecule has 1 fully saturated rings. The predicted molar refractivity (Wildman–Crippen MR) is 78.8 cm³/mol. The van der Waals surface area contributed by atoms with Crippen molar-refractivity contribution < 1.29 is 24.2 Å². The fourth-order valence-electron chi connectivity index (χ4n) is 2.23. The van der Waals surface area contributed by atoms with E-state index in [1.165, 1.54) is 0 Å². The van der Waals surface area contributed by atoms with Crippen LogP contribution in [0.1, 0.15) is 23.2 Å².